The Bertz CT molecular complexity index is 1200. The van der Waals surface area contributed by atoms with Crippen LogP contribution >= 0.6 is 11.3 Å². The second kappa shape index (κ2) is 8.30. The molecule has 152 valence electrons. The van der Waals surface area contributed by atoms with E-state index in [1.807, 2.05) is 58.8 Å². The van der Waals surface area contributed by atoms with Crippen molar-refractivity contribution in [3.63, 3.8) is 0 Å². The third kappa shape index (κ3) is 3.69. The molecule has 5 rings (SSSR count). The van der Waals surface area contributed by atoms with Crippen LogP contribution in [0, 0.1) is 0 Å². The lowest BCUT2D eigenvalue weighted by molar-refractivity contribution is 0.120. The molecule has 1 aliphatic rings. The highest BCUT2D eigenvalue weighted by molar-refractivity contribution is 7.13. The molecule has 1 fully saturated rings. The quantitative estimate of drug-likeness (QED) is 0.479. The SMILES string of the molecule is O=c1nc(N2CCOCC2)oc2c(-c3cccs3)c(OCc3ccccc3)ccc12. The largest absolute Gasteiger partial charge is 0.488 e. The van der Waals surface area contributed by atoms with Gasteiger partial charge < -0.3 is 18.8 Å². The zero-order chi connectivity index (χ0) is 20.3. The molecule has 0 radical (unpaired) electrons. The highest BCUT2D eigenvalue weighted by Crippen LogP contribution is 2.39. The lowest BCUT2D eigenvalue weighted by Gasteiger charge is -2.26. The summed E-state index contributed by atoms with van der Waals surface area (Å²) in [5, 5.41) is 2.44. The number of aromatic nitrogens is 1. The van der Waals surface area contributed by atoms with E-state index >= 15 is 0 Å². The second-order valence-electron chi connectivity index (χ2n) is 6.97. The van der Waals surface area contributed by atoms with E-state index in [1.165, 1.54) is 0 Å². The predicted octanol–water partition coefficient (Wildman–Crippen LogP) is 4.33. The van der Waals surface area contributed by atoms with Crippen molar-refractivity contribution in [3.8, 4) is 16.2 Å². The Morgan fingerprint density at radius 1 is 1.03 bits per heavy atom. The van der Waals surface area contributed by atoms with Crippen molar-refractivity contribution in [3.05, 3.63) is 75.9 Å². The Morgan fingerprint density at radius 2 is 1.87 bits per heavy atom. The number of hydrogen-bond donors (Lipinski definition) is 0. The molecule has 2 aromatic heterocycles. The van der Waals surface area contributed by atoms with Gasteiger partial charge >= 0.3 is 6.01 Å². The normalized spacial score (nSPS) is 14.2. The molecule has 0 bridgehead atoms. The molecular weight excluding hydrogens is 400 g/mol. The second-order valence-corrected chi connectivity index (χ2v) is 7.92. The summed E-state index contributed by atoms with van der Waals surface area (Å²) in [4.78, 5) is 19.9. The smallest absolute Gasteiger partial charge is 0.301 e. The van der Waals surface area contributed by atoms with Crippen molar-refractivity contribution >= 4 is 28.3 Å². The first-order valence-electron chi connectivity index (χ1n) is 9.81. The Morgan fingerprint density at radius 3 is 2.63 bits per heavy atom. The van der Waals surface area contributed by atoms with Gasteiger partial charge in [-0.3, -0.25) is 4.79 Å². The summed E-state index contributed by atoms with van der Waals surface area (Å²) in [6.07, 6.45) is 0. The fourth-order valence-electron chi connectivity index (χ4n) is 3.50. The van der Waals surface area contributed by atoms with Gasteiger partial charge in [0.1, 0.15) is 12.4 Å². The molecule has 0 N–H and O–H groups in total. The number of thiophene rings is 1. The maximum Gasteiger partial charge on any atom is 0.301 e. The zero-order valence-corrected chi connectivity index (χ0v) is 17.1. The topological polar surface area (TPSA) is 64.8 Å². The number of benzene rings is 2. The van der Waals surface area contributed by atoms with E-state index in [4.69, 9.17) is 13.9 Å². The maximum atomic E-state index is 12.8. The lowest BCUT2D eigenvalue weighted by atomic mass is 10.1. The van der Waals surface area contributed by atoms with E-state index in [-0.39, 0.29) is 5.56 Å². The van der Waals surface area contributed by atoms with Crippen LogP contribution < -0.4 is 15.2 Å². The van der Waals surface area contributed by atoms with Crippen LogP contribution in [0.25, 0.3) is 21.4 Å². The van der Waals surface area contributed by atoms with E-state index in [9.17, 15) is 4.79 Å². The van der Waals surface area contributed by atoms with Gasteiger partial charge in [-0.15, -0.1) is 11.3 Å². The third-order valence-corrected chi connectivity index (χ3v) is 5.91. The molecule has 0 amide bonds. The fraction of sp³-hybridized carbons (Fsp3) is 0.217. The monoisotopic (exact) mass is 420 g/mol. The first kappa shape index (κ1) is 18.8. The number of morpholine rings is 1. The van der Waals surface area contributed by atoms with Crippen molar-refractivity contribution in [1.29, 1.82) is 0 Å². The Balaban J connectivity index is 1.63. The number of ether oxygens (including phenoxy) is 2. The molecule has 1 saturated heterocycles. The van der Waals surface area contributed by atoms with Gasteiger partial charge in [0.05, 0.1) is 24.2 Å². The van der Waals surface area contributed by atoms with Gasteiger partial charge in [-0.1, -0.05) is 36.4 Å². The zero-order valence-electron chi connectivity index (χ0n) is 16.2. The van der Waals surface area contributed by atoms with Crippen LogP contribution in [0.1, 0.15) is 5.56 Å². The molecule has 1 aliphatic heterocycles. The minimum atomic E-state index is -0.301. The van der Waals surface area contributed by atoms with Gasteiger partial charge in [0.2, 0.25) is 0 Å². The van der Waals surface area contributed by atoms with Gasteiger partial charge in [0.25, 0.3) is 5.56 Å². The minimum absolute atomic E-state index is 0.301. The molecule has 6 nitrogen and oxygen atoms in total. The molecular formula is C23H20N2O4S. The maximum absolute atomic E-state index is 12.8. The Labute approximate surface area is 177 Å². The Hall–Kier alpha value is -3.16. The lowest BCUT2D eigenvalue weighted by Crippen LogP contribution is -2.37. The van der Waals surface area contributed by atoms with Crippen molar-refractivity contribution in [2.75, 3.05) is 31.2 Å². The summed E-state index contributed by atoms with van der Waals surface area (Å²) in [5.74, 6) is 0.677. The molecule has 4 aromatic rings. The van der Waals surface area contributed by atoms with Crippen molar-refractivity contribution in [2.24, 2.45) is 0 Å². The van der Waals surface area contributed by atoms with E-state index in [2.05, 4.69) is 4.98 Å². The van der Waals surface area contributed by atoms with Crippen LogP contribution in [0.5, 0.6) is 5.75 Å². The van der Waals surface area contributed by atoms with Crippen LogP contribution in [-0.4, -0.2) is 31.3 Å². The standard InChI is InChI=1S/C23H20N2O4S/c26-22-17-8-9-18(28-15-16-5-2-1-3-6-16)20(19-7-4-14-30-19)21(17)29-23(24-22)25-10-12-27-13-11-25/h1-9,14H,10-13,15H2. The number of fused-ring (bicyclic) bond motifs is 1. The summed E-state index contributed by atoms with van der Waals surface area (Å²) < 4.78 is 17.8. The highest BCUT2D eigenvalue weighted by atomic mass is 32.1. The van der Waals surface area contributed by atoms with E-state index in [0.29, 0.717) is 55.6 Å². The van der Waals surface area contributed by atoms with Gasteiger partial charge in [0.15, 0.2) is 5.58 Å². The van der Waals surface area contributed by atoms with Gasteiger partial charge in [-0.05, 0) is 29.1 Å². The molecule has 0 spiro atoms. The van der Waals surface area contributed by atoms with Crippen molar-refractivity contribution in [1.82, 2.24) is 4.98 Å². The molecule has 7 heteroatoms. The first-order valence-corrected chi connectivity index (χ1v) is 10.7. The molecule has 0 atom stereocenters. The molecule has 0 aliphatic carbocycles. The third-order valence-electron chi connectivity index (χ3n) is 5.03. The summed E-state index contributed by atoms with van der Waals surface area (Å²) in [7, 11) is 0. The van der Waals surface area contributed by atoms with Crippen molar-refractivity contribution in [2.45, 2.75) is 6.61 Å². The van der Waals surface area contributed by atoms with Crippen LogP contribution in [-0.2, 0) is 11.3 Å². The summed E-state index contributed by atoms with van der Waals surface area (Å²) in [5.41, 5.74) is 2.06. The minimum Gasteiger partial charge on any atom is -0.488 e. The molecule has 30 heavy (non-hydrogen) atoms. The number of rotatable bonds is 5. The van der Waals surface area contributed by atoms with E-state index in [0.717, 1.165) is 16.0 Å². The van der Waals surface area contributed by atoms with Crippen LogP contribution in [0.15, 0.2) is 69.2 Å². The molecule has 2 aromatic carbocycles. The van der Waals surface area contributed by atoms with Gasteiger partial charge in [-0.2, -0.15) is 4.98 Å². The molecule has 0 saturated carbocycles. The Kier molecular flexibility index (Phi) is 5.21. The molecule has 3 heterocycles. The molecule has 0 unspecified atom stereocenters. The average molecular weight is 420 g/mol. The summed E-state index contributed by atoms with van der Waals surface area (Å²) >= 11 is 1.58. The van der Waals surface area contributed by atoms with Crippen LogP contribution in [0.2, 0.25) is 0 Å². The summed E-state index contributed by atoms with van der Waals surface area (Å²) in [6, 6.07) is 17.9. The summed E-state index contributed by atoms with van der Waals surface area (Å²) in [6.45, 7) is 2.87. The highest BCUT2D eigenvalue weighted by Gasteiger charge is 2.21. The van der Waals surface area contributed by atoms with E-state index in [1.54, 1.807) is 17.4 Å². The van der Waals surface area contributed by atoms with Gasteiger partial charge in [-0.25, -0.2) is 0 Å². The van der Waals surface area contributed by atoms with Crippen molar-refractivity contribution < 1.29 is 13.9 Å². The van der Waals surface area contributed by atoms with Crippen LogP contribution in [0.4, 0.5) is 6.01 Å². The first-order chi connectivity index (χ1) is 14.8. The van der Waals surface area contributed by atoms with Gasteiger partial charge in [0, 0.05) is 18.0 Å². The average Bonchev–Trinajstić information content (AvgIpc) is 3.33. The van der Waals surface area contributed by atoms with Crippen LogP contribution in [0.3, 0.4) is 0 Å². The van der Waals surface area contributed by atoms with E-state index < -0.39 is 0 Å². The number of nitrogens with zero attached hydrogens (tertiary/aromatic N) is 2. The number of anilines is 1. The fourth-order valence-corrected chi connectivity index (χ4v) is 4.27. The number of hydrogen-bond acceptors (Lipinski definition) is 7. The predicted molar refractivity (Wildman–Crippen MR) is 117 cm³/mol.